The van der Waals surface area contributed by atoms with Crippen LogP contribution in [0.2, 0.25) is 0 Å². The van der Waals surface area contributed by atoms with Crippen LogP contribution in [0.4, 0.5) is 0 Å². The Balaban J connectivity index is 2.09. The van der Waals surface area contributed by atoms with Crippen LogP contribution in [0.1, 0.15) is 0 Å². The maximum atomic E-state index is 4.39. The number of rotatable bonds is 2. The van der Waals surface area contributed by atoms with Crippen LogP contribution in [0.15, 0.2) is 65.1 Å². The third-order valence-electron chi connectivity index (χ3n) is 2.82. The summed E-state index contributed by atoms with van der Waals surface area (Å²) in [5, 5.41) is 7.48. The molecule has 0 saturated carbocycles. The lowest BCUT2D eigenvalue weighted by Gasteiger charge is -1.99. The molecule has 0 spiro atoms. The number of aromatic amines is 1. The van der Waals surface area contributed by atoms with E-state index in [-0.39, 0.29) is 0 Å². The Hall–Kier alpha value is -1.87. The molecule has 0 aliphatic heterocycles. The first-order chi connectivity index (χ1) is 8.86. The lowest BCUT2D eigenvalue weighted by atomic mass is 10.1. The summed E-state index contributed by atoms with van der Waals surface area (Å²) < 4.78 is 1.000. The third kappa shape index (κ3) is 1.97. The van der Waals surface area contributed by atoms with Crippen LogP contribution in [-0.4, -0.2) is 10.2 Å². The minimum absolute atomic E-state index is 0.939. The molecule has 2 nitrogen and oxygen atoms in total. The molecule has 2 aromatic carbocycles. The molecule has 0 amide bonds. The zero-order valence-corrected chi connectivity index (χ0v) is 11.2. The predicted molar refractivity (Wildman–Crippen MR) is 77.2 cm³/mol. The van der Waals surface area contributed by atoms with E-state index in [0.717, 1.165) is 27.0 Å². The molecule has 0 fully saturated rings. The van der Waals surface area contributed by atoms with E-state index >= 15 is 0 Å². The summed E-state index contributed by atoms with van der Waals surface area (Å²) in [6, 6.07) is 20.3. The number of hydrogen-bond acceptors (Lipinski definition) is 1. The summed E-state index contributed by atoms with van der Waals surface area (Å²) in [5.41, 5.74) is 4.17. The zero-order valence-electron chi connectivity index (χ0n) is 9.60. The monoisotopic (exact) mass is 298 g/mol. The summed E-state index contributed by atoms with van der Waals surface area (Å²) in [6.45, 7) is 0. The standard InChI is InChI=1S/C15H11BrN2/c16-13-14(11-7-3-1-4-8-11)17-18-15(13)12-9-5-2-6-10-12/h1-10H,(H,17,18). The third-order valence-corrected chi connectivity index (χ3v) is 3.59. The first kappa shape index (κ1) is 11.2. The zero-order chi connectivity index (χ0) is 12.4. The molecule has 1 heterocycles. The topological polar surface area (TPSA) is 28.7 Å². The van der Waals surface area contributed by atoms with Crippen molar-refractivity contribution < 1.29 is 0 Å². The lowest BCUT2D eigenvalue weighted by molar-refractivity contribution is 1.10. The maximum absolute atomic E-state index is 4.39. The molecule has 0 unspecified atom stereocenters. The molecule has 1 aromatic heterocycles. The van der Waals surface area contributed by atoms with Gasteiger partial charge < -0.3 is 0 Å². The largest absolute Gasteiger partial charge is 0.276 e. The molecule has 18 heavy (non-hydrogen) atoms. The van der Waals surface area contributed by atoms with Crippen molar-refractivity contribution in [2.24, 2.45) is 0 Å². The fourth-order valence-corrected chi connectivity index (χ4v) is 2.55. The van der Waals surface area contributed by atoms with Gasteiger partial charge in [-0.25, -0.2) is 0 Å². The van der Waals surface area contributed by atoms with E-state index in [4.69, 9.17) is 0 Å². The molecule has 88 valence electrons. The van der Waals surface area contributed by atoms with E-state index in [2.05, 4.69) is 50.4 Å². The van der Waals surface area contributed by atoms with Crippen molar-refractivity contribution in [3.63, 3.8) is 0 Å². The molecular formula is C15H11BrN2. The average molecular weight is 299 g/mol. The molecule has 0 bridgehead atoms. The smallest absolute Gasteiger partial charge is 0.107 e. The SMILES string of the molecule is Brc1c(-c2ccccc2)n[nH]c1-c1ccccc1. The lowest BCUT2D eigenvalue weighted by Crippen LogP contribution is -1.77. The molecule has 1 N–H and O–H groups in total. The van der Waals surface area contributed by atoms with Crippen molar-refractivity contribution in [1.82, 2.24) is 10.2 Å². The Morgan fingerprint density at radius 3 is 1.94 bits per heavy atom. The van der Waals surface area contributed by atoms with Crippen molar-refractivity contribution in [2.75, 3.05) is 0 Å². The summed E-state index contributed by atoms with van der Waals surface area (Å²) in [6.07, 6.45) is 0. The second kappa shape index (κ2) is 4.78. The van der Waals surface area contributed by atoms with Crippen molar-refractivity contribution in [1.29, 1.82) is 0 Å². The van der Waals surface area contributed by atoms with E-state index in [0.29, 0.717) is 0 Å². The normalized spacial score (nSPS) is 10.5. The van der Waals surface area contributed by atoms with Crippen LogP contribution >= 0.6 is 15.9 Å². The first-order valence-corrected chi connectivity index (χ1v) is 6.50. The predicted octanol–water partition coefficient (Wildman–Crippen LogP) is 4.51. The minimum atomic E-state index is 0.939. The fourth-order valence-electron chi connectivity index (χ4n) is 1.91. The van der Waals surface area contributed by atoms with Gasteiger partial charge >= 0.3 is 0 Å². The van der Waals surface area contributed by atoms with Crippen LogP contribution < -0.4 is 0 Å². The Labute approximate surface area is 114 Å². The summed E-state index contributed by atoms with van der Waals surface area (Å²) in [5.74, 6) is 0. The molecule has 3 rings (SSSR count). The summed E-state index contributed by atoms with van der Waals surface area (Å²) in [4.78, 5) is 0. The molecule has 0 radical (unpaired) electrons. The highest BCUT2D eigenvalue weighted by Gasteiger charge is 2.13. The van der Waals surface area contributed by atoms with Gasteiger partial charge in [-0.1, -0.05) is 60.7 Å². The van der Waals surface area contributed by atoms with Gasteiger partial charge in [0.25, 0.3) is 0 Å². The number of benzene rings is 2. The Morgan fingerprint density at radius 2 is 1.33 bits per heavy atom. The summed E-state index contributed by atoms with van der Waals surface area (Å²) in [7, 11) is 0. The van der Waals surface area contributed by atoms with E-state index in [1.807, 2.05) is 36.4 Å². The second-order valence-corrected chi connectivity index (χ2v) is 4.79. The Bertz CT molecular complexity index is 588. The van der Waals surface area contributed by atoms with Gasteiger partial charge in [0.2, 0.25) is 0 Å². The molecule has 0 atom stereocenters. The average Bonchev–Trinajstić information content (AvgIpc) is 2.83. The van der Waals surface area contributed by atoms with Crippen molar-refractivity contribution in [3.05, 3.63) is 65.1 Å². The number of aromatic nitrogens is 2. The van der Waals surface area contributed by atoms with Crippen molar-refractivity contribution in [3.8, 4) is 22.5 Å². The van der Waals surface area contributed by atoms with Crippen molar-refractivity contribution >= 4 is 15.9 Å². The van der Waals surface area contributed by atoms with E-state index < -0.39 is 0 Å². The van der Waals surface area contributed by atoms with Gasteiger partial charge in [-0.2, -0.15) is 5.10 Å². The van der Waals surface area contributed by atoms with Gasteiger partial charge in [-0.3, -0.25) is 5.10 Å². The van der Waals surface area contributed by atoms with Gasteiger partial charge in [-0.05, 0) is 15.9 Å². The van der Waals surface area contributed by atoms with Gasteiger partial charge in [0.05, 0.1) is 10.2 Å². The highest BCUT2D eigenvalue weighted by Crippen LogP contribution is 2.34. The highest BCUT2D eigenvalue weighted by atomic mass is 79.9. The van der Waals surface area contributed by atoms with Gasteiger partial charge in [-0.15, -0.1) is 0 Å². The summed E-state index contributed by atoms with van der Waals surface area (Å²) >= 11 is 3.63. The van der Waals surface area contributed by atoms with Crippen LogP contribution in [-0.2, 0) is 0 Å². The van der Waals surface area contributed by atoms with Gasteiger partial charge in [0, 0.05) is 11.1 Å². The molecule has 0 saturated heterocycles. The van der Waals surface area contributed by atoms with Crippen LogP contribution in [0, 0.1) is 0 Å². The van der Waals surface area contributed by atoms with E-state index in [1.54, 1.807) is 0 Å². The van der Waals surface area contributed by atoms with E-state index in [1.165, 1.54) is 0 Å². The number of hydrogen-bond donors (Lipinski definition) is 1. The minimum Gasteiger partial charge on any atom is -0.276 e. The van der Waals surface area contributed by atoms with Gasteiger partial charge in [0.15, 0.2) is 0 Å². The number of halogens is 1. The van der Waals surface area contributed by atoms with Crippen LogP contribution in [0.3, 0.4) is 0 Å². The number of nitrogens with one attached hydrogen (secondary N) is 1. The second-order valence-electron chi connectivity index (χ2n) is 3.99. The Kier molecular flexibility index (Phi) is 2.99. The first-order valence-electron chi connectivity index (χ1n) is 5.71. The van der Waals surface area contributed by atoms with Crippen LogP contribution in [0.25, 0.3) is 22.5 Å². The molecule has 0 aliphatic carbocycles. The molecule has 3 aromatic rings. The fraction of sp³-hybridized carbons (Fsp3) is 0. The Morgan fingerprint density at radius 1 is 0.778 bits per heavy atom. The molecular weight excluding hydrogens is 288 g/mol. The van der Waals surface area contributed by atoms with Crippen LogP contribution in [0.5, 0.6) is 0 Å². The number of nitrogens with zero attached hydrogens (tertiary/aromatic N) is 1. The maximum Gasteiger partial charge on any atom is 0.107 e. The number of H-pyrrole nitrogens is 1. The molecule has 3 heteroatoms. The quantitative estimate of drug-likeness (QED) is 0.741. The van der Waals surface area contributed by atoms with Gasteiger partial charge in [0.1, 0.15) is 5.69 Å². The molecule has 0 aliphatic rings. The highest BCUT2D eigenvalue weighted by molar-refractivity contribution is 9.10. The van der Waals surface area contributed by atoms with Crippen molar-refractivity contribution in [2.45, 2.75) is 0 Å². The van der Waals surface area contributed by atoms with E-state index in [9.17, 15) is 0 Å².